The van der Waals surface area contributed by atoms with Crippen molar-refractivity contribution in [3.8, 4) is 0 Å². The number of hydrogen-bond donors (Lipinski definition) is 0. The van der Waals surface area contributed by atoms with Gasteiger partial charge in [-0.25, -0.2) is 4.31 Å². The number of rotatable bonds is 5. The molecule has 0 atom stereocenters. The normalized spacial score (nSPS) is 17.4. The summed E-state index contributed by atoms with van der Waals surface area (Å²) in [5, 5.41) is 0. The fourth-order valence-electron chi connectivity index (χ4n) is 2.33. The highest BCUT2D eigenvalue weighted by Crippen LogP contribution is 2.24. The van der Waals surface area contributed by atoms with Crippen LogP contribution >= 0.6 is 11.9 Å². The summed E-state index contributed by atoms with van der Waals surface area (Å²) in [5.41, 5.74) is 1.29. The lowest BCUT2D eigenvalue weighted by molar-refractivity contribution is -0.144. The fourth-order valence-corrected chi connectivity index (χ4v) is 3.28. The molecule has 0 aromatic heterocycles. The molecule has 0 spiro atoms. The number of nitrogens with zero attached hydrogens (tertiary/aromatic N) is 2. The zero-order valence-corrected chi connectivity index (χ0v) is 13.7. The van der Waals surface area contributed by atoms with E-state index in [1.165, 1.54) is 10.5 Å². The van der Waals surface area contributed by atoms with E-state index in [9.17, 15) is 4.79 Å². The molecule has 5 heteroatoms. The third-order valence-electron chi connectivity index (χ3n) is 3.46. The highest BCUT2D eigenvalue weighted by molar-refractivity contribution is 7.97. The maximum atomic E-state index is 11.5. The molecule has 0 amide bonds. The molecule has 1 fully saturated rings. The van der Waals surface area contributed by atoms with Crippen LogP contribution in [0.2, 0.25) is 0 Å². The van der Waals surface area contributed by atoms with E-state index in [0.29, 0.717) is 13.2 Å². The van der Waals surface area contributed by atoms with Gasteiger partial charge in [0.2, 0.25) is 0 Å². The van der Waals surface area contributed by atoms with Crippen molar-refractivity contribution in [1.82, 2.24) is 9.21 Å². The molecule has 21 heavy (non-hydrogen) atoms. The minimum absolute atomic E-state index is 0.114. The van der Waals surface area contributed by atoms with Gasteiger partial charge in [0.15, 0.2) is 0 Å². The smallest absolute Gasteiger partial charge is 0.320 e. The second kappa shape index (κ2) is 8.41. The number of aryl methyl sites for hydroxylation is 1. The van der Waals surface area contributed by atoms with Crippen molar-refractivity contribution in [3.63, 3.8) is 0 Å². The van der Waals surface area contributed by atoms with Crippen LogP contribution in [0.5, 0.6) is 0 Å². The van der Waals surface area contributed by atoms with Gasteiger partial charge in [0.05, 0.1) is 13.2 Å². The highest BCUT2D eigenvalue weighted by Gasteiger charge is 2.18. The van der Waals surface area contributed by atoms with E-state index in [1.807, 2.05) is 18.9 Å². The number of hydrogen-bond acceptors (Lipinski definition) is 5. The van der Waals surface area contributed by atoms with Crippen molar-refractivity contribution in [2.24, 2.45) is 0 Å². The highest BCUT2D eigenvalue weighted by atomic mass is 32.2. The van der Waals surface area contributed by atoms with Crippen molar-refractivity contribution in [2.45, 2.75) is 25.2 Å². The standard InChI is InChI=1S/C16H24N2O2S/c1-3-20-16(19)13-17-9-4-10-18(12-11-17)21-15-7-5-14(2)6-8-15/h5-8H,3-4,9-13H2,1-2H3. The topological polar surface area (TPSA) is 32.8 Å². The average Bonchev–Trinajstić information content (AvgIpc) is 2.67. The predicted octanol–water partition coefficient (Wildman–Crippen LogP) is 2.57. The molecule has 116 valence electrons. The van der Waals surface area contributed by atoms with E-state index in [-0.39, 0.29) is 5.97 Å². The molecular formula is C16H24N2O2S. The predicted molar refractivity (Wildman–Crippen MR) is 86.3 cm³/mol. The summed E-state index contributed by atoms with van der Waals surface area (Å²) in [5.74, 6) is -0.114. The van der Waals surface area contributed by atoms with Gasteiger partial charge in [0, 0.05) is 31.1 Å². The second-order valence-corrected chi connectivity index (χ2v) is 6.44. The molecule has 1 saturated heterocycles. The molecule has 1 aromatic carbocycles. The van der Waals surface area contributed by atoms with Gasteiger partial charge in [-0.2, -0.15) is 0 Å². The number of carbonyl (C=O) groups is 1. The largest absolute Gasteiger partial charge is 0.465 e. The van der Waals surface area contributed by atoms with Crippen LogP contribution in [-0.2, 0) is 9.53 Å². The maximum absolute atomic E-state index is 11.5. The lowest BCUT2D eigenvalue weighted by Gasteiger charge is -2.20. The van der Waals surface area contributed by atoms with Crippen molar-refractivity contribution < 1.29 is 9.53 Å². The average molecular weight is 308 g/mol. The Bertz CT molecular complexity index is 450. The molecule has 2 rings (SSSR count). The molecule has 0 bridgehead atoms. The van der Waals surface area contributed by atoms with Crippen LogP contribution in [-0.4, -0.2) is 54.5 Å². The first-order valence-corrected chi connectivity index (χ1v) is 8.32. The van der Waals surface area contributed by atoms with Crippen LogP contribution in [0.25, 0.3) is 0 Å². The van der Waals surface area contributed by atoms with E-state index in [0.717, 1.165) is 32.6 Å². The number of esters is 1. The Hall–Kier alpha value is -1.04. The van der Waals surface area contributed by atoms with Crippen molar-refractivity contribution in [2.75, 3.05) is 39.3 Å². The summed E-state index contributed by atoms with van der Waals surface area (Å²) in [4.78, 5) is 15.0. The van der Waals surface area contributed by atoms with E-state index < -0.39 is 0 Å². The van der Waals surface area contributed by atoms with Gasteiger partial charge in [-0.05, 0) is 44.3 Å². The Morgan fingerprint density at radius 1 is 1.19 bits per heavy atom. The Morgan fingerprint density at radius 3 is 2.67 bits per heavy atom. The van der Waals surface area contributed by atoms with E-state index in [1.54, 1.807) is 0 Å². The molecule has 0 aliphatic carbocycles. The summed E-state index contributed by atoms with van der Waals surface area (Å²) in [7, 11) is 0. The Morgan fingerprint density at radius 2 is 1.95 bits per heavy atom. The molecule has 4 nitrogen and oxygen atoms in total. The quantitative estimate of drug-likeness (QED) is 0.617. The SMILES string of the molecule is CCOC(=O)CN1CCCN(Sc2ccc(C)cc2)CC1. The molecule has 1 aliphatic rings. The molecule has 0 N–H and O–H groups in total. The Balaban J connectivity index is 1.80. The second-order valence-electron chi connectivity index (χ2n) is 5.27. The van der Waals surface area contributed by atoms with Gasteiger partial charge >= 0.3 is 5.97 Å². The summed E-state index contributed by atoms with van der Waals surface area (Å²) in [6.45, 7) is 8.73. The Kier molecular flexibility index (Phi) is 6.54. The zero-order valence-electron chi connectivity index (χ0n) is 12.9. The summed E-state index contributed by atoms with van der Waals surface area (Å²) < 4.78 is 7.40. The van der Waals surface area contributed by atoms with Gasteiger partial charge < -0.3 is 4.74 Å². The van der Waals surface area contributed by atoms with E-state index in [4.69, 9.17) is 4.74 Å². The number of ether oxygens (including phenoxy) is 1. The van der Waals surface area contributed by atoms with Gasteiger partial charge in [0.1, 0.15) is 0 Å². The lowest BCUT2D eigenvalue weighted by Crippen LogP contribution is -2.33. The minimum atomic E-state index is -0.114. The lowest BCUT2D eigenvalue weighted by atomic mass is 10.2. The molecule has 0 unspecified atom stereocenters. The van der Waals surface area contributed by atoms with E-state index >= 15 is 0 Å². The molecule has 1 aromatic rings. The zero-order chi connectivity index (χ0) is 15.1. The molecule has 0 saturated carbocycles. The Labute approximate surface area is 131 Å². The summed E-state index contributed by atoms with van der Waals surface area (Å²) in [6.07, 6.45) is 1.08. The van der Waals surface area contributed by atoms with Gasteiger partial charge in [-0.1, -0.05) is 17.7 Å². The van der Waals surface area contributed by atoms with Crippen molar-refractivity contribution in [1.29, 1.82) is 0 Å². The molecular weight excluding hydrogens is 284 g/mol. The van der Waals surface area contributed by atoms with Gasteiger partial charge in [-0.3, -0.25) is 9.69 Å². The van der Waals surface area contributed by atoms with Crippen molar-refractivity contribution >= 4 is 17.9 Å². The molecule has 0 radical (unpaired) electrons. The maximum Gasteiger partial charge on any atom is 0.320 e. The monoisotopic (exact) mass is 308 g/mol. The van der Waals surface area contributed by atoms with Crippen LogP contribution in [0.4, 0.5) is 0 Å². The molecule has 1 heterocycles. The van der Waals surface area contributed by atoms with Crippen LogP contribution in [0.3, 0.4) is 0 Å². The van der Waals surface area contributed by atoms with Crippen molar-refractivity contribution in [3.05, 3.63) is 29.8 Å². The van der Waals surface area contributed by atoms with Crippen LogP contribution in [0, 0.1) is 6.92 Å². The minimum Gasteiger partial charge on any atom is -0.465 e. The van der Waals surface area contributed by atoms with Crippen LogP contribution in [0.15, 0.2) is 29.2 Å². The fraction of sp³-hybridized carbons (Fsp3) is 0.562. The molecule has 1 aliphatic heterocycles. The van der Waals surface area contributed by atoms with Gasteiger partial charge in [-0.15, -0.1) is 0 Å². The summed E-state index contributed by atoms with van der Waals surface area (Å²) >= 11 is 1.81. The first-order chi connectivity index (χ1) is 10.2. The van der Waals surface area contributed by atoms with Crippen LogP contribution in [0.1, 0.15) is 18.9 Å². The van der Waals surface area contributed by atoms with Crippen LogP contribution < -0.4 is 0 Å². The first-order valence-electron chi connectivity index (χ1n) is 7.55. The number of benzene rings is 1. The first kappa shape index (κ1) is 16.3. The third-order valence-corrected chi connectivity index (χ3v) is 4.57. The number of carbonyl (C=O) groups excluding carboxylic acids is 1. The van der Waals surface area contributed by atoms with Gasteiger partial charge in [0.25, 0.3) is 0 Å². The third kappa shape index (κ3) is 5.69. The van der Waals surface area contributed by atoms with E-state index in [2.05, 4.69) is 40.4 Å². The summed E-state index contributed by atoms with van der Waals surface area (Å²) in [6, 6.07) is 8.63.